The van der Waals surface area contributed by atoms with Crippen LogP contribution in [0.25, 0.3) is 5.69 Å². The fourth-order valence-electron chi connectivity index (χ4n) is 3.04. The molecular formula is C20H19N5O2. The Morgan fingerprint density at radius 3 is 2.33 bits per heavy atom. The van der Waals surface area contributed by atoms with Gasteiger partial charge in [-0.25, -0.2) is 9.48 Å². The first kappa shape index (κ1) is 16.8. The fraction of sp³-hybridized carbons (Fsp3) is 0.150. The quantitative estimate of drug-likeness (QED) is 0.750. The van der Waals surface area contributed by atoms with Crippen LogP contribution in [0.5, 0.6) is 0 Å². The predicted octanol–water partition coefficient (Wildman–Crippen LogP) is 2.96. The average Bonchev–Trinajstić information content (AvgIpc) is 3.31. The van der Waals surface area contributed by atoms with E-state index in [2.05, 4.69) is 15.7 Å². The fourth-order valence-corrected chi connectivity index (χ4v) is 3.04. The van der Waals surface area contributed by atoms with E-state index in [9.17, 15) is 9.59 Å². The molecule has 1 fully saturated rings. The number of carbonyl (C=O) groups is 2. The Kier molecular flexibility index (Phi) is 4.33. The van der Waals surface area contributed by atoms with Crippen molar-refractivity contribution in [3.8, 4) is 5.69 Å². The summed E-state index contributed by atoms with van der Waals surface area (Å²) in [5.74, 6) is -0.189. The van der Waals surface area contributed by atoms with Crippen molar-refractivity contribution < 1.29 is 9.59 Å². The minimum Gasteiger partial charge on any atom is -0.336 e. The number of benzene rings is 2. The van der Waals surface area contributed by atoms with Crippen molar-refractivity contribution in [1.29, 1.82) is 0 Å². The van der Waals surface area contributed by atoms with E-state index < -0.39 is 0 Å². The Bertz CT molecular complexity index is 976. The summed E-state index contributed by atoms with van der Waals surface area (Å²) in [5, 5.41) is 9.90. The number of nitrogens with zero attached hydrogens (tertiary/aromatic N) is 3. The van der Waals surface area contributed by atoms with Gasteiger partial charge < -0.3 is 10.6 Å². The van der Waals surface area contributed by atoms with Crippen LogP contribution >= 0.6 is 0 Å². The number of aryl methyl sites for hydroxylation is 1. The first-order valence-electron chi connectivity index (χ1n) is 8.70. The second kappa shape index (κ2) is 6.95. The zero-order chi connectivity index (χ0) is 18.8. The third kappa shape index (κ3) is 3.39. The van der Waals surface area contributed by atoms with E-state index in [1.807, 2.05) is 41.9 Å². The number of hydrogen-bond acceptors (Lipinski definition) is 3. The molecule has 1 aromatic heterocycles. The molecule has 0 atom stereocenters. The molecule has 1 saturated heterocycles. The summed E-state index contributed by atoms with van der Waals surface area (Å²) in [5.41, 5.74) is 3.98. The topological polar surface area (TPSA) is 79.3 Å². The molecule has 3 amide bonds. The lowest BCUT2D eigenvalue weighted by Crippen LogP contribution is -2.27. The number of urea groups is 1. The van der Waals surface area contributed by atoms with Gasteiger partial charge in [-0.3, -0.25) is 9.69 Å². The molecule has 4 rings (SSSR count). The van der Waals surface area contributed by atoms with Gasteiger partial charge in [-0.1, -0.05) is 0 Å². The highest BCUT2D eigenvalue weighted by Crippen LogP contribution is 2.20. The van der Waals surface area contributed by atoms with Crippen molar-refractivity contribution in [2.75, 3.05) is 23.3 Å². The minimum atomic E-state index is -0.189. The summed E-state index contributed by atoms with van der Waals surface area (Å²) >= 11 is 0. The van der Waals surface area contributed by atoms with Gasteiger partial charge >= 0.3 is 6.03 Å². The SMILES string of the molecule is Cc1ccnn1-c1ccc(C(=O)Nc2ccc(N3CCNC3=O)cc2)cc1. The maximum Gasteiger partial charge on any atom is 0.321 e. The third-order valence-electron chi connectivity index (χ3n) is 4.50. The van der Waals surface area contributed by atoms with Gasteiger partial charge in [0.05, 0.1) is 5.69 Å². The molecule has 2 heterocycles. The van der Waals surface area contributed by atoms with Crippen LogP contribution in [0.15, 0.2) is 60.8 Å². The molecular weight excluding hydrogens is 342 g/mol. The maximum atomic E-state index is 12.5. The zero-order valence-electron chi connectivity index (χ0n) is 14.8. The lowest BCUT2D eigenvalue weighted by Gasteiger charge is -2.14. The van der Waals surface area contributed by atoms with Crippen molar-refractivity contribution in [2.45, 2.75) is 6.92 Å². The van der Waals surface area contributed by atoms with E-state index in [0.717, 1.165) is 17.1 Å². The number of aromatic nitrogens is 2. The molecule has 1 aliphatic heterocycles. The Hall–Kier alpha value is -3.61. The van der Waals surface area contributed by atoms with Gasteiger partial charge in [-0.2, -0.15) is 5.10 Å². The highest BCUT2D eigenvalue weighted by Gasteiger charge is 2.20. The average molecular weight is 361 g/mol. The van der Waals surface area contributed by atoms with Gasteiger partial charge in [0.15, 0.2) is 0 Å². The molecule has 136 valence electrons. The van der Waals surface area contributed by atoms with Crippen LogP contribution in [0.4, 0.5) is 16.2 Å². The second-order valence-corrected chi connectivity index (χ2v) is 6.32. The summed E-state index contributed by atoms with van der Waals surface area (Å²) < 4.78 is 1.81. The predicted molar refractivity (Wildman–Crippen MR) is 103 cm³/mol. The molecule has 0 radical (unpaired) electrons. The van der Waals surface area contributed by atoms with Crippen LogP contribution in [-0.4, -0.2) is 34.8 Å². The van der Waals surface area contributed by atoms with Gasteiger partial charge in [0.2, 0.25) is 0 Å². The first-order chi connectivity index (χ1) is 13.1. The molecule has 0 spiro atoms. The number of amides is 3. The van der Waals surface area contributed by atoms with E-state index in [4.69, 9.17) is 0 Å². The Balaban J connectivity index is 1.44. The number of rotatable bonds is 4. The summed E-state index contributed by atoms with van der Waals surface area (Å²) in [7, 11) is 0. The molecule has 7 heteroatoms. The van der Waals surface area contributed by atoms with Crippen molar-refractivity contribution in [3.05, 3.63) is 72.1 Å². The number of nitrogens with one attached hydrogen (secondary N) is 2. The molecule has 2 N–H and O–H groups in total. The lowest BCUT2D eigenvalue weighted by atomic mass is 10.2. The molecule has 0 unspecified atom stereocenters. The summed E-state index contributed by atoms with van der Waals surface area (Å²) in [6.45, 7) is 3.26. The molecule has 3 aromatic rings. The zero-order valence-corrected chi connectivity index (χ0v) is 14.8. The minimum absolute atomic E-state index is 0.0979. The van der Waals surface area contributed by atoms with Gasteiger partial charge in [-0.15, -0.1) is 0 Å². The number of anilines is 2. The second-order valence-electron chi connectivity index (χ2n) is 6.32. The summed E-state index contributed by atoms with van der Waals surface area (Å²) in [6.07, 6.45) is 1.74. The molecule has 0 bridgehead atoms. The van der Waals surface area contributed by atoms with Crippen molar-refractivity contribution in [2.24, 2.45) is 0 Å². The molecule has 0 saturated carbocycles. The van der Waals surface area contributed by atoms with Crippen LogP contribution in [-0.2, 0) is 0 Å². The largest absolute Gasteiger partial charge is 0.336 e. The summed E-state index contributed by atoms with van der Waals surface area (Å²) in [6, 6.07) is 16.3. The van der Waals surface area contributed by atoms with E-state index in [0.29, 0.717) is 24.3 Å². The van der Waals surface area contributed by atoms with E-state index in [-0.39, 0.29) is 11.9 Å². The molecule has 7 nitrogen and oxygen atoms in total. The molecule has 2 aromatic carbocycles. The number of hydrogen-bond donors (Lipinski definition) is 2. The standard InChI is InChI=1S/C20H19N5O2/c1-14-10-11-22-25(14)18-6-2-15(3-7-18)19(26)23-16-4-8-17(9-5-16)24-13-12-21-20(24)27/h2-11H,12-13H2,1H3,(H,21,27)(H,23,26). The molecule has 1 aliphatic rings. The highest BCUT2D eigenvalue weighted by molar-refractivity contribution is 6.04. The molecule has 27 heavy (non-hydrogen) atoms. The third-order valence-corrected chi connectivity index (χ3v) is 4.50. The normalized spacial score (nSPS) is 13.5. The maximum absolute atomic E-state index is 12.5. The summed E-state index contributed by atoms with van der Waals surface area (Å²) in [4.78, 5) is 25.8. The van der Waals surface area contributed by atoms with E-state index >= 15 is 0 Å². The molecule has 0 aliphatic carbocycles. The van der Waals surface area contributed by atoms with Crippen LogP contribution in [0.1, 0.15) is 16.1 Å². The van der Waals surface area contributed by atoms with Crippen molar-refractivity contribution >= 4 is 23.3 Å². The van der Waals surface area contributed by atoms with E-state index in [1.54, 1.807) is 35.4 Å². The highest BCUT2D eigenvalue weighted by atomic mass is 16.2. The van der Waals surface area contributed by atoms with Crippen LogP contribution in [0.2, 0.25) is 0 Å². The van der Waals surface area contributed by atoms with E-state index in [1.165, 1.54) is 0 Å². The van der Waals surface area contributed by atoms with Gasteiger partial charge in [0, 0.05) is 41.9 Å². The van der Waals surface area contributed by atoms with Crippen LogP contribution in [0.3, 0.4) is 0 Å². The van der Waals surface area contributed by atoms with Crippen LogP contribution in [0, 0.1) is 6.92 Å². The Morgan fingerprint density at radius 1 is 1.04 bits per heavy atom. The van der Waals surface area contributed by atoms with Gasteiger partial charge in [0.25, 0.3) is 5.91 Å². The monoisotopic (exact) mass is 361 g/mol. The lowest BCUT2D eigenvalue weighted by molar-refractivity contribution is 0.102. The van der Waals surface area contributed by atoms with Crippen LogP contribution < -0.4 is 15.5 Å². The van der Waals surface area contributed by atoms with Gasteiger partial charge in [-0.05, 0) is 61.5 Å². The smallest absolute Gasteiger partial charge is 0.321 e. The Morgan fingerprint density at radius 2 is 1.74 bits per heavy atom. The van der Waals surface area contributed by atoms with Gasteiger partial charge in [0.1, 0.15) is 0 Å². The number of carbonyl (C=O) groups excluding carboxylic acids is 2. The van der Waals surface area contributed by atoms with Crippen molar-refractivity contribution in [3.63, 3.8) is 0 Å². The Labute approximate surface area is 156 Å². The first-order valence-corrected chi connectivity index (χ1v) is 8.70. The van der Waals surface area contributed by atoms with Crippen molar-refractivity contribution in [1.82, 2.24) is 15.1 Å².